The summed E-state index contributed by atoms with van der Waals surface area (Å²) in [5.74, 6) is -3.08. The molecule has 1 aliphatic rings. The van der Waals surface area contributed by atoms with Gasteiger partial charge in [0.25, 0.3) is 5.56 Å². The van der Waals surface area contributed by atoms with E-state index in [1.165, 1.54) is 85.2 Å². The van der Waals surface area contributed by atoms with Gasteiger partial charge in [0, 0.05) is 46.3 Å². The Labute approximate surface area is 423 Å². The number of benzene rings is 3. The Balaban J connectivity index is 1.01. The first-order valence-corrected chi connectivity index (χ1v) is 26.2. The highest BCUT2D eigenvalue weighted by molar-refractivity contribution is 7.27. The minimum absolute atomic E-state index is 0.210. The molecule has 0 bridgehead atoms. The number of nitrogens with zero attached hydrogens (tertiary/aromatic N) is 4. The number of rotatable bonds is 22. The predicted octanol–water partition coefficient (Wildman–Crippen LogP) is 11.3. The molecule has 71 heavy (non-hydrogen) atoms. The smallest absolute Gasteiger partial charge is 0.353 e. The number of carbonyl (C=O) groups is 3. The van der Waals surface area contributed by atoms with E-state index in [0.29, 0.717) is 9.44 Å². The average molecular weight is 1010 g/mol. The first-order chi connectivity index (χ1) is 34.6. The molecule has 0 atom stereocenters. The molecule has 0 fully saturated rings. The highest BCUT2D eigenvalue weighted by atomic mass is 32.1. The first kappa shape index (κ1) is 50.1. The van der Waals surface area contributed by atoms with Gasteiger partial charge in [-0.05, 0) is 121 Å². The number of carboxylic acid groups (broad SMARTS) is 2. The number of thiophene rings is 3. The van der Waals surface area contributed by atoms with Gasteiger partial charge in [-0.3, -0.25) is 19.0 Å². The van der Waals surface area contributed by atoms with E-state index in [1.807, 2.05) is 12.1 Å². The number of aromatic nitrogens is 2. The Morgan fingerprint density at radius 2 is 1.32 bits per heavy atom. The van der Waals surface area contributed by atoms with Gasteiger partial charge in [-0.2, -0.15) is 5.26 Å². The van der Waals surface area contributed by atoms with Gasteiger partial charge in [0.1, 0.15) is 42.3 Å². The number of aliphatic carboxylic acids is 2. The van der Waals surface area contributed by atoms with Gasteiger partial charge in [-0.25, -0.2) is 4.79 Å². The van der Waals surface area contributed by atoms with Crippen LogP contribution >= 0.6 is 34.0 Å². The van der Waals surface area contributed by atoms with Crippen molar-refractivity contribution in [1.29, 1.82) is 5.26 Å². The molecule has 3 aromatic carbocycles. The third-order valence-corrected chi connectivity index (χ3v) is 15.8. The summed E-state index contributed by atoms with van der Waals surface area (Å²) in [7, 11) is 0. The third kappa shape index (κ3) is 11.9. The molecule has 4 aromatic heterocycles. The van der Waals surface area contributed by atoms with E-state index in [-0.39, 0.29) is 12.0 Å². The van der Waals surface area contributed by atoms with Crippen molar-refractivity contribution in [2.24, 2.45) is 0 Å². The van der Waals surface area contributed by atoms with Crippen LogP contribution in [0.2, 0.25) is 0 Å². The Hall–Kier alpha value is -7.25. The molecule has 1 aliphatic heterocycles. The minimum Gasteiger partial charge on any atom is -0.494 e. The molecule has 0 amide bonds. The van der Waals surface area contributed by atoms with Crippen molar-refractivity contribution in [2.75, 3.05) is 18.1 Å². The Morgan fingerprint density at radius 3 is 2.01 bits per heavy atom. The van der Waals surface area contributed by atoms with Crippen molar-refractivity contribution < 1.29 is 34.1 Å². The highest BCUT2D eigenvalue weighted by Gasteiger charge is 2.25. The molecule has 12 nitrogen and oxygen atoms in total. The summed E-state index contributed by atoms with van der Waals surface area (Å²) < 4.78 is 12.9. The summed E-state index contributed by atoms with van der Waals surface area (Å²) in [6, 6.07) is 37.7. The molecule has 15 heteroatoms. The number of hydrogen-bond donors (Lipinski definition) is 2. The molecule has 8 rings (SSSR count). The fraction of sp³-hybridized carbons (Fsp3) is 0.268. The number of esters is 1. The zero-order valence-electron chi connectivity index (χ0n) is 39.4. The van der Waals surface area contributed by atoms with Crippen LogP contribution in [0.25, 0.3) is 41.6 Å². The lowest BCUT2D eigenvalue weighted by Crippen LogP contribution is -2.37. The summed E-state index contributed by atoms with van der Waals surface area (Å²) in [4.78, 5) is 58.7. The molecule has 0 radical (unpaired) electrons. The van der Waals surface area contributed by atoms with Crippen LogP contribution in [0, 0.1) is 11.3 Å². The molecule has 0 saturated carbocycles. The standard InChI is InChI=1S/C56H54N4O8S3/c1-3-5-6-7-8-9-10-13-31-67-41-21-19-40(20-22-41)60-44-15-12-11-14-37(44)16-17-38-32-39(18-24-45(38)60)47-26-27-50(70-47)51-29-28-49(71-51)48-25-23-42(69-48)33-46-55(65)59(36-53(63)64)54(58(46)35-52(61)62)43(34-57)56(66)68-30-4-2/h4,11-12,14-15,18-29,32-33H,2-3,5-10,13,16-17,30-31,35-36H2,1H3,(H,61,62)(H,63,64). The van der Waals surface area contributed by atoms with Crippen LogP contribution in [0.1, 0.15) is 74.3 Å². The van der Waals surface area contributed by atoms with Crippen molar-refractivity contribution in [3.05, 3.63) is 153 Å². The van der Waals surface area contributed by atoms with E-state index in [0.717, 1.165) is 77.5 Å². The van der Waals surface area contributed by atoms with E-state index < -0.39 is 47.6 Å². The second kappa shape index (κ2) is 23.6. The fourth-order valence-corrected chi connectivity index (χ4v) is 11.9. The Bertz CT molecular complexity index is 3290. The monoisotopic (exact) mass is 1010 g/mol. The van der Waals surface area contributed by atoms with Crippen molar-refractivity contribution in [1.82, 2.24) is 9.13 Å². The summed E-state index contributed by atoms with van der Waals surface area (Å²) in [5, 5.41) is 29.2. The molecular weight excluding hydrogens is 953 g/mol. The summed E-state index contributed by atoms with van der Waals surface area (Å²) >= 11 is 4.70. The number of ether oxygens (including phenoxy) is 2. The van der Waals surface area contributed by atoms with Gasteiger partial charge in [0.2, 0.25) is 0 Å². The molecule has 0 unspecified atom stereocenters. The van der Waals surface area contributed by atoms with E-state index in [4.69, 9.17) is 9.47 Å². The van der Waals surface area contributed by atoms with Crippen LogP contribution in [0.3, 0.4) is 0 Å². The van der Waals surface area contributed by atoms with E-state index in [2.05, 4.69) is 103 Å². The number of para-hydroxylation sites is 1. The van der Waals surface area contributed by atoms with Crippen LogP contribution in [0.15, 0.2) is 121 Å². The molecular formula is C56H54N4O8S3. The minimum atomic E-state index is -1.43. The van der Waals surface area contributed by atoms with Crippen LogP contribution < -0.4 is 26.0 Å². The number of anilines is 3. The normalized spacial score (nSPS) is 12.7. The quantitative estimate of drug-likeness (QED) is 0.0379. The molecule has 0 aliphatic carbocycles. The van der Waals surface area contributed by atoms with Gasteiger partial charge in [0.05, 0.1) is 6.61 Å². The summed E-state index contributed by atoms with van der Waals surface area (Å²) in [6.45, 7) is 4.43. The predicted molar refractivity (Wildman–Crippen MR) is 284 cm³/mol. The van der Waals surface area contributed by atoms with Crippen LogP contribution in [-0.2, 0) is 45.1 Å². The maximum atomic E-state index is 13.8. The molecule has 364 valence electrons. The van der Waals surface area contributed by atoms with E-state index in [1.54, 1.807) is 34.8 Å². The number of carboxylic acids is 2. The van der Waals surface area contributed by atoms with Crippen molar-refractivity contribution in [3.8, 4) is 41.8 Å². The maximum Gasteiger partial charge on any atom is 0.353 e. The topological polar surface area (TPSA) is 164 Å². The summed E-state index contributed by atoms with van der Waals surface area (Å²) in [5.41, 5.74) is 5.08. The van der Waals surface area contributed by atoms with E-state index >= 15 is 0 Å². The van der Waals surface area contributed by atoms with Gasteiger partial charge < -0.3 is 29.2 Å². The van der Waals surface area contributed by atoms with Crippen LogP contribution in [-0.4, -0.2) is 50.5 Å². The number of unbranched alkanes of at least 4 members (excludes halogenated alkanes) is 7. The molecule has 0 spiro atoms. The van der Waals surface area contributed by atoms with Gasteiger partial charge in [-0.15, -0.1) is 34.0 Å². The maximum absolute atomic E-state index is 13.8. The highest BCUT2D eigenvalue weighted by Crippen LogP contribution is 2.46. The fourth-order valence-electron chi connectivity index (χ4n) is 8.81. The average Bonchev–Trinajstić information content (AvgIpc) is 4.19. The van der Waals surface area contributed by atoms with Gasteiger partial charge in [-0.1, -0.05) is 88.8 Å². The van der Waals surface area contributed by atoms with Crippen LogP contribution in [0.5, 0.6) is 5.75 Å². The van der Waals surface area contributed by atoms with E-state index in [9.17, 15) is 34.7 Å². The lowest BCUT2D eigenvalue weighted by molar-refractivity contribution is -0.138. The Kier molecular flexibility index (Phi) is 16.6. The number of carbonyl (C=O) groups excluding carboxylic acids is 1. The largest absolute Gasteiger partial charge is 0.494 e. The third-order valence-electron chi connectivity index (χ3n) is 12.2. The Morgan fingerprint density at radius 1 is 0.718 bits per heavy atom. The van der Waals surface area contributed by atoms with Crippen molar-refractivity contribution in [3.63, 3.8) is 0 Å². The SMILES string of the molecule is C=CCOC(=O)C(C#N)=c1n(CC(=O)O)c(=O)c(=Cc2ccc(-c3ccc(-c4ccc(-c5ccc6c(c5)CCc5ccccc5N6c5ccc(OCCCCCCCCCC)cc5)s4)s3)s2)n1CC(=O)O. The van der Waals surface area contributed by atoms with Crippen LogP contribution in [0.4, 0.5) is 17.1 Å². The lowest BCUT2D eigenvalue weighted by Gasteiger charge is -2.27. The first-order valence-electron chi connectivity index (χ1n) is 23.8. The number of hydrogen-bond acceptors (Lipinski definition) is 11. The zero-order chi connectivity index (χ0) is 49.9. The number of aryl methyl sites for hydroxylation is 2. The van der Waals surface area contributed by atoms with Gasteiger partial charge in [0.15, 0.2) is 5.57 Å². The second-order valence-electron chi connectivity index (χ2n) is 17.1. The summed E-state index contributed by atoms with van der Waals surface area (Å²) in [6.07, 6.45) is 14.7. The van der Waals surface area contributed by atoms with Gasteiger partial charge >= 0.3 is 17.9 Å². The number of fused-ring (bicyclic) bond motifs is 2. The van der Waals surface area contributed by atoms with Crippen molar-refractivity contribution in [2.45, 2.75) is 84.2 Å². The zero-order valence-corrected chi connectivity index (χ0v) is 41.9. The number of nitriles is 1. The van der Waals surface area contributed by atoms with Crippen molar-refractivity contribution >= 4 is 80.6 Å². The molecule has 5 heterocycles. The number of imidazole rings is 1. The molecule has 0 saturated heterocycles. The lowest BCUT2D eigenvalue weighted by atomic mass is 10.0. The molecule has 2 N–H and O–H groups in total. The molecule has 7 aromatic rings. The second-order valence-corrected chi connectivity index (χ2v) is 20.4.